The Hall–Kier alpha value is -1.30. The van der Waals surface area contributed by atoms with Gasteiger partial charge < -0.3 is 20.1 Å². The summed E-state index contributed by atoms with van der Waals surface area (Å²) in [5.41, 5.74) is 0.763. The summed E-state index contributed by atoms with van der Waals surface area (Å²) in [6.45, 7) is 2.96. The minimum atomic E-state index is -0.0564. The van der Waals surface area contributed by atoms with E-state index in [-0.39, 0.29) is 18.6 Å². The maximum atomic E-state index is 11.7. The predicted molar refractivity (Wildman–Crippen MR) is 87.4 cm³/mol. The first-order chi connectivity index (χ1) is 10.8. The van der Waals surface area contributed by atoms with Crippen LogP contribution in [0.25, 0.3) is 0 Å². The summed E-state index contributed by atoms with van der Waals surface area (Å²) in [7, 11) is 0. The standard InChI is InChI=1S/C16H23ClN2O3/c17-14-6-1-2-7-15(14)19-11-16(20)18-8-4-9-21-12-13-5-3-10-22-13/h1-2,6-7,13,19H,3-5,8-12H2,(H,18,20). The molecule has 2 rings (SSSR count). The van der Waals surface area contributed by atoms with Gasteiger partial charge in [0.05, 0.1) is 30.0 Å². The van der Waals surface area contributed by atoms with Crippen molar-refractivity contribution in [1.82, 2.24) is 5.32 Å². The molecule has 1 aromatic rings. The van der Waals surface area contributed by atoms with Gasteiger partial charge in [-0.25, -0.2) is 0 Å². The summed E-state index contributed by atoms with van der Waals surface area (Å²) in [5.74, 6) is -0.0564. The Morgan fingerprint density at radius 3 is 3.05 bits per heavy atom. The second-order valence-electron chi connectivity index (χ2n) is 5.25. The SMILES string of the molecule is O=C(CNc1ccccc1Cl)NCCCOCC1CCCO1. The highest BCUT2D eigenvalue weighted by atomic mass is 35.5. The second-order valence-corrected chi connectivity index (χ2v) is 5.65. The average Bonchev–Trinajstić information content (AvgIpc) is 3.03. The summed E-state index contributed by atoms with van der Waals surface area (Å²) in [5, 5.41) is 6.46. The van der Waals surface area contributed by atoms with Crippen molar-refractivity contribution in [2.75, 3.05) is 38.2 Å². The molecule has 1 amide bonds. The van der Waals surface area contributed by atoms with Gasteiger partial charge in [-0.3, -0.25) is 4.79 Å². The molecule has 1 aliphatic heterocycles. The number of carbonyl (C=O) groups excluding carboxylic acids is 1. The van der Waals surface area contributed by atoms with Crippen LogP contribution in [0.1, 0.15) is 19.3 Å². The fraction of sp³-hybridized carbons (Fsp3) is 0.562. The number of ether oxygens (including phenoxy) is 2. The van der Waals surface area contributed by atoms with Gasteiger partial charge in [0.15, 0.2) is 0 Å². The van der Waals surface area contributed by atoms with E-state index in [1.807, 2.05) is 18.2 Å². The van der Waals surface area contributed by atoms with Crippen molar-refractivity contribution in [3.05, 3.63) is 29.3 Å². The Balaban J connectivity index is 1.48. The van der Waals surface area contributed by atoms with E-state index >= 15 is 0 Å². The van der Waals surface area contributed by atoms with Crippen molar-refractivity contribution in [2.45, 2.75) is 25.4 Å². The molecule has 5 nitrogen and oxygen atoms in total. The van der Waals surface area contributed by atoms with Crippen LogP contribution in [0.2, 0.25) is 5.02 Å². The molecule has 2 N–H and O–H groups in total. The van der Waals surface area contributed by atoms with Gasteiger partial charge in [-0.1, -0.05) is 23.7 Å². The van der Waals surface area contributed by atoms with Crippen molar-refractivity contribution < 1.29 is 14.3 Å². The van der Waals surface area contributed by atoms with Gasteiger partial charge >= 0.3 is 0 Å². The third-order valence-electron chi connectivity index (χ3n) is 3.43. The van der Waals surface area contributed by atoms with Crippen LogP contribution in [0.4, 0.5) is 5.69 Å². The molecule has 122 valence electrons. The van der Waals surface area contributed by atoms with Crippen LogP contribution in [0.3, 0.4) is 0 Å². The molecule has 0 radical (unpaired) electrons. The number of hydrogen-bond donors (Lipinski definition) is 2. The minimum absolute atomic E-state index is 0.0564. The number of rotatable bonds is 9. The third kappa shape index (κ3) is 6.22. The second kappa shape index (κ2) is 9.66. The first-order valence-corrected chi connectivity index (χ1v) is 8.08. The van der Waals surface area contributed by atoms with Crippen molar-refractivity contribution in [1.29, 1.82) is 0 Å². The van der Waals surface area contributed by atoms with Crippen LogP contribution in [0.15, 0.2) is 24.3 Å². The summed E-state index contributed by atoms with van der Waals surface area (Å²) >= 11 is 6.00. The van der Waals surface area contributed by atoms with Gasteiger partial charge in [0, 0.05) is 19.8 Å². The number of benzene rings is 1. The van der Waals surface area contributed by atoms with E-state index < -0.39 is 0 Å². The van der Waals surface area contributed by atoms with Crippen LogP contribution in [-0.2, 0) is 14.3 Å². The fourth-order valence-corrected chi connectivity index (χ4v) is 2.44. The van der Waals surface area contributed by atoms with E-state index in [0.29, 0.717) is 24.8 Å². The van der Waals surface area contributed by atoms with Gasteiger partial charge in [0.1, 0.15) is 0 Å². The Kier molecular flexibility index (Phi) is 7.49. The molecule has 1 atom stereocenters. The highest BCUT2D eigenvalue weighted by Gasteiger charge is 2.14. The zero-order valence-electron chi connectivity index (χ0n) is 12.6. The number of hydrogen-bond acceptors (Lipinski definition) is 4. The van der Waals surface area contributed by atoms with Crippen molar-refractivity contribution >= 4 is 23.2 Å². The lowest BCUT2D eigenvalue weighted by atomic mass is 10.2. The molecule has 0 aromatic heterocycles. The maximum absolute atomic E-state index is 11.7. The normalized spacial score (nSPS) is 17.4. The number of halogens is 1. The molecule has 0 aliphatic carbocycles. The van der Waals surface area contributed by atoms with Gasteiger partial charge in [-0.15, -0.1) is 0 Å². The van der Waals surface area contributed by atoms with Crippen molar-refractivity contribution in [3.63, 3.8) is 0 Å². The average molecular weight is 327 g/mol. The number of amides is 1. The van der Waals surface area contributed by atoms with Crippen molar-refractivity contribution in [2.24, 2.45) is 0 Å². The Morgan fingerprint density at radius 1 is 1.41 bits per heavy atom. The topological polar surface area (TPSA) is 59.6 Å². The molecule has 0 saturated carbocycles. The van der Waals surface area contributed by atoms with E-state index in [0.717, 1.165) is 31.6 Å². The first-order valence-electron chi connectivity index (χ1n) is 7.70. The number of nitrogens with one attached hydrogen (secondary N) is 2. The van der Waals surface area contributed by atoms with E-state index in [2.05, 4.69) is 10.6 Å². The molecule has 6 heteroatoms. The van der Waals surface area contributed by atoms with E-state index in [1.54, 1.807) is 6.07 Å². The summed E-state index contributed by atoms with van der Waals surface area (Å²) < 4.78 is 11.0. The Labute approximate surface area is 136 Å². The van der Waals surface area contributed by atoms with E-state index in [9.17, 15) is 4.79 Å². The molecule has 1 aliphatic rings. The quantitative estimate of drug-likeness (QED) is 0.684. The van der Waals surface area contributed by atoms with Gasteiger partial charge in [0.25, 0.3) is 0 Å². The van der Waals surface area contributed by atoms with Gasteiger partial charge in [-0.05, 0) is 31.4 Å². The molecule has 0 bridgehead atoms. The van der Waals surface area contributed by atoms with Crippen LogP contribution in [0, 0.1) is 0 Å². The van der Waals surface area contributed by atoms with Crippen LogP contribution in [0.5, 0.6) is 0 Å². The fourth-order valence-electron chi connectivity index (χ4n) is 2.24. The number of carbonyl (C=O) groups is 1. The lowest BCUT2D eigenvalue weighted by Gasteiger charge is -2.11. The molecule has 0 spiro atoms. The number of anilines is 1. The monoisotopic (exact) mass is 326 g/mol. The smallest absolute Gasteiger partial charge is 0.239 e. The largest absolute Gasteiger partial charge is 0.379 e. The molecule has 1 unspecified atom stereocenters. The molecule has 1 saturated heterocycles. The Bertz CT molecular complexity index is 464. The molecule has 1 fully saturated rings. The van der Waals surface area contributed by atoms with Gasteiger partial charge in [-0.2, -0.15) is 0 Å². The summed E-state index contributed by atoms with van der Waals surface area (Å²) in [4.78, 5) is 11.7. The lowest BCUT2D eigenvalue weighted by Crippen LogP contribution is -2.31. The first kappa shape index (κ1) is 17.1. The zero-order chi connectivity index (χ0) is 15.6. The predicted octanol–water partition coefficient (Wildman–Crippen LogP) is 2.45. The van der Waals surface area contributed by atoms with Crippen LogP contribution in [-0.4, -0.2) is 44.9 Å². The van der Waals surface area contributed by atoms with Crippen LogP contribution < -0.4 is 10.6 Å². The lowest BCUT2D eigenvalue weighted by molar-refractivity contribution is -0.119. The summed E-state index contributed by atoms with van der Waals surface area (Å²) in [6, 6.07) is 7.35. The molecular weight excluding hydrogens is 304 g/mol. The summed E-state index contributed by atoms with van der Waals surface area (Å²) in [6.07, 6.45) is 3.27. The molecular formula is C16H23ClN2O3. The maximum Gasteiger partial charge on any atom is 0.239 e. The zero-order valence-corrected chi connectivity index (χ0v) is 13.4. The minimum Gasteiger partial charge on any atom is -0.379 e. The third-order valence-corrected chi connectivity index (χ3v) is 3.76. The van der Waals surface area contributed by atoms with E-state index in [1.165, 1.54) is 0 Å². The highest BCUT2D eigenvalue weighted by molar-refractivity contribution is 6.33. The highest BCUT2D eigenvalue weighted by Crippen LogP contribution is 2.19. The Morgan fingerprint density at radius 2 is 2.27 bits per heavy atom. The molecule has 1 aromatic carbocycles. The molecule has 22 heavy (non-hydrogen) atoms. The number of para-hydroxylation sites is 1. The van der Waals surface area contributed by atoms with Crippen LogP contribution >= 0.6 is 11.6 Å². The molecule has 1 heterocycles. The van der Waals surface area contributed by atoms with Crippen molar-refractivity contribution in [3.8, 4) is 0 Å². The van der Waals surface area contributed by atoms with E-state index in [4.69, 9.17) is 21.1 Å². The van der Waals surface area contributed by atoms with Gasteiger partial charge in [0.2, 0.25) is 5.91 Å².